The van der Waals surface area contributed by atoms with E-state index in [-0.39, 0.29) is 29.9 Å². The fourth-order valence-corrected chi connectivity index (χ4v) is 7.04. The van der Waals surface area contributed by atoms with Crippen molar-refractivity contribution in [2.75, 3.05) is 29.5 Å². The highest BCUT2D eigenvalue weighted by atomic mass is 32.2. The molecule has 2 heterocycles. The zero-order valence-corrected chi connectivity index (χ0v) is 28.3. The summed E-state index contributed by atoms with van der Waals surface area (Å²) in [6, 6.07) is 20.8. The topological polar surface area (TPSA) is 134 Å². The van der Waals surface area contributed by atoms with Crippen molar-refractivity contribution in [1.29, 1.82) is 0 Å². The van der Waals surface area contributed by atoms with E-state index in [1.807, 2.05) is 0 Å². The lowest BCUT2D eigenvalue weighted by atomic mass is 10.0. The molecule has 0 unspecified atom stereocenters. The minimum atomic E-state index is -0.606. The average molecular weight is 701 g/mol. The Labute approximate surface area is 290 Å². The predicted molar refractivity (Wildman–Crippen MR) is 188 cm³/mol. The summed E-state index contributed by atoms with van der Waals surface area (Å²) in [7, 11) is 0. The van der Waals surface area contributed by atoms with Gasteiger partial charge in [-0.1, -0.05) is 36.4 Å². The molecule has 4 aromatic rings. The minimum Gasteiger partial charge on any atom is -0.462 e. The van der Waals surface area contributed by atoms with Crippen molar-refractivity contribution in [1.82, 2.24) is 10.2 Å². The molecule has 3 aromatic carbocycles. The zero-order valence-electron chi connectivity index (χ0n) is 26.7. The molecule has 13 heteroatoms. The van der Waals surface area contributed by atoms with Crippen molar-refractivity contribution in [2.45, 2.75) is 31.7 Å². The number of esters is 1. The first-order valence-electron chi connectivity index (χ1n) is 15.4. The Kier molecular flexibility index (Phi) is 11.6. The number of halogens is 1. The molecule has 252 valence electrons. The van der Waals surface area contributed by atoms with E-state index < -0.39 is 23.6 Å². The van der Waals surface area contributed by atoms with Crippen LogP contribution in [0.1, 0.15) is 50.6 Å². The second-order valence-corrected chi connectivity index (χ2v) is 13.0. The third-order valence-corrected chi connectivity index (χ3v) is 9.53. The summed E-state index contributed by atoms with van der Waals surface area (Å²) < 4.78 is 18.8. The van der Waals surface area contributed by atoms with Crippen LogP contribution in [0.2, 0.25) is 0 Å². The van der Waals surface area contributed by atoms with Gasteiger partial charge in [0, 0.05) is 34.5 Å². The van der Waals surface area contributed by atoms with E-state index in [1.54, 1.807) is 66.4 Å². The Morgan fingerprint density at radius 3 is 2.45 bits per heavy atom. The second-order valence-electron chi connectivity index (χ2n) is 10.9. The molecule has 0 spiro atoms. The highest BCUT2D eigenvalue weighted by Crippen LogP contribution is 2.38. The fourth-order valence-electron chi connectivity index (χ4n) is 5.02. The van der Waals surface area contributed by atoms with Crippen molar-refractivity contribution in [3.63, 3.8) is 0 Å². The van der Waals surface area contributed by atoms with Crippen molar-refractivity contribution in [3.8, 4) is 0 Å². The molecule has 49 heavy (non-hydrogen) atoms. The zero-order chi connectivity index (χ0) is 34.9. The lowest BCUT2D eigenvalue weighted by Gasteiger charge is -2.25. The van der Waals surface area contributed by atoms with Crippen LogP contribution in [0, 0.1) is 5.82 Å². The number of carbonyl (C=O) groups excluding carboxylic acids is 5. The molecule has 0 aliphatic carbocycles. The van der Waals surface area contributed by atoms with Crippen LogP contribution in [0.25, 0.3) is 6.08 Å². The van der Waals surface area contributed by atoms with Gasteiger partial charge in [0.1, 0.15) is 16.5 Å². The maximum absolute atomic E-state index is 13.5. The van der Waals surface area contributed by atoms with Gasteiger partial charge in [0.15, 0.2) is 0 Å². The Balaban J connectivity index is 1.27. The van der Waals surface area contributed by atoms with Crippen molar-refractivity contribution in [3.05, 3.63) is 118 Å². The number of hydrogen-bond donors (Lipinski definition) is 3. The highest BCUT2D eigenvalue weighted by molar-refractivity contribution is 8.00. The van der Waals surface area contributed by atoms with Crippen LogP contribution in [0.15, 0.2) is 89.5 Å². The van der Waals surface area contributed by atoms with E-state index >= 15 is 0 Å². The summed E-state index contributed by atoms with van der Waals surface area (Å²) in [5.41, 5.74) is 2.34. The molecule has 1 aliphatic heterocycles. The summed E-state index contributed by atoms with van der Waals surface area (Å²) in [5, 5.41) is 8.67. The third kappa shape index (κ3) is 9.21. The quantitative estimate of drug-likeness (QED) is 0.0977. The van der Waals surface area contributed by atoms with Gasteiger partial charge in [-0.2, -0.15) is 0 Å². The molecule has 5 rings (SSSR count). The number of ether oxygens (including phenoxy) is 1. The molecule has 0 radical (unpaired) electrons. The van der Waals surface area contributed by atoms with E-state index in [4.69, 9.17) is 4.74 Å². The Bertz CT molecular complexity index is 1910. The van der Waals surface area contributed by atoms with Crippen LogP contribution in [0.3, 0.4) is 0 Å². The number of anilines is 2. The monoisotopic (exact) mass is 700 g/mol. The van der Waals surface area contributed by atoms with Crippen LogP contribution in [0.5, 0.6) is 0 Å². The number of benzene rings is 3. The third-order valence-electron chi connectivity index (χ3n) is 7.41. The average Bonchev–Trinajstić information content (AvgIpc) is 3.45. The van der Waals surface area contributed by atoms with Gasteiger partial charge in [-0.15, -0.1) is 23.1 Å². The molecule has 0 fully saturated rings. The van der Waals surface area contributed by atoms with Gasteiger partial charge < -0.3 is 25.6 Å². The molecule has 1 aliphatic rings. The number of thioether (sulfide) groups is 1. The smallest absolute Gasteiger partial charge is 0.341 e. The number of rotatable bonds is 11. The van der Waals surface area contributed by atoms with E-state index in [9.17, 15) is 28.4 Å². The van der Waals surface area contributed by atoms with E-state index in [2.05, 4.69) is 16.0 Å². The van der Waals surface area contributed by atoms with E-state index in [0.717, 1.165) is 10.4 Å². The van der Waals surface area contributed by atoms with E-state index in [0.29, 0.717) is 51.8 Å². The molecule has 0 bridgehead atoms. The number of nitrogens with zero attached hydrogens (tertiary/aromatic N) is 1. The number of hydrogen-bond acceptors (Lipinski definition) is 8. The fraction of sp³-hybridized carbons (Fsp3) is 0.194. The summed E-state index contributed by atoms with van der Waals surface area (Å²) in [5.74, 6) is -2.46. The van der Waals surface area contributed by atoms with Crippen molar-refractivity contribution >= 4 is 69.5 Å². The molecule has 1 aromatic heterocycles. The maximum Gasteiger partial charge on any atom is 0.341 e. The Hall–Kier alpha value is -5.27. The van der Waals surface area contributed by atoms with Gasteiger partial charge in [-0.3, -0.25) is 19.2 Å². The van der Waals surface area contributed by atoms with Gasteiger partial charge in [0.2, 0.25) is 11.8 Å². The summed E-state index contributed by atoms with van der Waals surface area (Å²) in [6.07, 6.45) is 1.93. The Morgan fingerprint density at radius 1 is 0.980 bits per heavy atom. The van der Waals surface area contributed by atoms with Gasteiger partial charge in [-0.05, 0) is 73.0 Å². The molecule has 0 saturated heterocycles. The van der Waals surface area contributed by atoms with Crippen molar-refractivity contribution < 1.29 is 33.1 Å². The van der Waals surface area contributed by atoms with Crippen LogP contribution in [0.4, 0.5) is 15.1 Å². The van der Waals surface area contributed by atoms with Gasteiger partial charge >= 0.3 is 5.97 Å². The largest absolute Gasteiger partial charge is 0.462 e. The normalized spacial score (nSPS) is 12.5. The molecular weight excluding hydrogens is 668 g/mol. The first-order valence-corrected chi connectivity index (χ1v) is 17.2. The predicted octanol–water partition coefficient (Wildman–Crippen LogP) is 6.11. The first kappa shape index (κ1) is 35.0. The van der Waals surface area contributed by atoms with Crippen LogP contribution in [-0.4, -0.2) is 53.4 Å². The van der Waals surface area contributed by atoms with Gasteiger partial charge in [-0.25, -0.2) is 9.18 Å². The standard InChI is InChI=1S/C36H33FN4O6S2/c1-3-47-36(46)32-28-16-17-41(22(2)42)20-30(28)49-35(32)40-31(43)21-48-27-11-7-10-26(19-27)38-34(45)29(18-23-12-14-25(37)15-13-23)39-33(44)24-8-5-4-6-9-24/h4-15,18-19H,3,16-17,20-21H2,1-2H3,(H,38,45)(H,39,44)(H,40,43)/b29-18-. The summed E-state index contributed by atoms with van der Waals surface area (Å²) in [6.45, 7) is 4.23. The second kappa shape index (κ2) is 16.2. The highest BCUT2D eigenvalue weighted by Gasteiger charge is 2.30. The summed E-state index contributed by atoms with van der Waals surface area (Å²) >= 11 is 2.49. The molecule has 3 N–H and O–H groups in total. The number of nitrogens with one attached hydrogen (secondary N) is 3. The number of carbonyl (C=O) groups is 5. The number of thiophene rings is 1. The van der Waals surface area contributed by atoms with Crippen molar-refractivity contribution in [2.24, 2.45) is 0 Å². The van der Waals surface area contributed by atoms with E-state index in [1.165, 1.54) is 60.4 Å². The lowest BCUT2D eigenvalue weighted by Crippen LogP contribution is -2.34. The minimum absolute atomic E-state index is 0.00462. The molecule has 4 amide bonds. The van der Waals surface area contributed by atoms with Crippen LogP contribution < -0.4 is 16.0 Å². The number of fused-ring (bicyclic) bond motifs is 1. The summed E-state index contributed by atoms with van der Waals surface area (Å²) in [4.78, 5) is 67.4. The van der Waals surface area contributed by atoms with Gasteiger partial charge in [0.05, 0.1) is 24.5 Å². The SMILES string of the molecule is CCOC(=O)c1c(NC(=O)CSc2cccc(NC(=O)/C(=C/c3ccc(F)cc3)NC(=O)c3ccccc3)c2)sc2c1CCN(C(C)=O)C2. The van der Waals surface area contributed by atoms with Gasteiger partial charge in [0.25, 0.3) is 11.8 Å². The number of amides is 4. The van der Waals surface area contributed by atoms with Crippen LogP contribution in [-0.2, 0) is 32.1 Å². The molecule has 10 nitrogen and oxygen atoms in total. The van der Waals surface area contributed by atoms with Crippen LogP contribution >= 0.6 is 23.1 Å². The lowest BCUT2D eigenvalue weighted by molar-refractivity contribution is -0.129. The Morgan fingerprint density at radius 2 is 1.73 bits per heavy atom. The molecular formula is C36H33FN4O6S2. The first-order chi connectivity index (χ1) is 23.6. The maximum atomic E-state index is 13.5. The molecule has 0 saturated carbocycles. The molecule has 0 atom stereocenters.